The van der Waals surface area contributed by atoms with Crippen molar-refractivity contribution in [3.63, 3.8) is 0 Å². The van der Waals surface area contributed by atoms with E-state index in [9.17, 15) is 9.18 Å². The zero-order valence-corrected chi connectivity index (χ0v) is 14.1. The van der Waals surface area contributed by atoms with Crippen molar-refractivity contribution in [2.45, 2.75) is 0 Å². The Morgan fingerprint density at radius 1 is 1.27 bits per heavy atom. The van der Waals surface area contributed by atoms with Gasteiger partial charge in [0.15, 0.2) is 18.2 Å². The van der Waals surface area contributed by atoms with Crippen LogP contribution in [0, 0.1) is 5.82 Å². The quantitative estimate of drug-likeness (QED) is 0.733. The molecule has 3 N–H and O–H groups in total. The van der Waals surface area contributed by atoms with Gasteiger partial charge in [0, 0.05) is 10.2 Å². The van der Waals surface area contributed by atoms with E-state index in [0.717, 1.165) is 0 Å². The molecule has 1 amide bonds. The van der Waals surface area contributed by atoms with Gasteiger partial charge >= 0.3 is 0 Å². The molecule has 0 spiro atoms. The number of anilines is 2. The number of nitrogen functional groups attached to an aromatic ring is 1. The lowest BCUT2D eigenvalue weighted by atomic mass is 10.3. The van der Waals surface area contributed by atoms with Crippen LogP contribution in [-0.2, 0) is 4.79 Å². The van der Waals surface area contributed by atoms with Gasteiger partial charge in [-0.3, -0.25) is 4.79 Å². The predicted octanol–water partition coefficient (Wildman–Crippen LogP) is 4.49. The molecule has 0 aliphatic heterocycles. The van der Waals surface area contributed by atoms with Crippen molar-refractivity contribution in [2.24, 2.45) is 0 Å². The lowest BCUT2D eigenvalue weighted by Gasteiger charge is -2.10. The Morgan fingerprint density at radius 2 is 1.91 bits per heavy atom. The molecule has 0 saturated carbocycles. The molecule has 4 nitrogen and oxygen atoms in total. The Balaban J connectivity index is 1.99. The predicted molar refractivity (Wildman–Crippen MR) is 89.1 cm³/mol. The first-order valence-electron chi connectivity index (χ1n) is 5.99. The van der Waals surface area contributed by atoms with Crippen LogP contribution in [0.25, 0.3) is 0 Å². The first-order valence-corrected chi connectivity index (χ1v) is 7.54. The van der Waals surface area contributed by atoms with E-state index in [2.05, 4.69) is 21.2 Å². The summed E-state index contributed by atoms with van der Waals surface area (Å²) in [5.74, 6) is -1.08. The van der Waals surface area contributed by atoms with E-state index < -0.39 is 11.7 Å². The van der Waals surface area contributed by atoms with Crippen LogP contribution in [0.2, 0.25) is 10.0 Å². The summed E-state index contributed by atoms with van der Waals surface area (Å²) in [5.41, 5.74) is 6.20. The zero-order chi connectivity index (χ0) is 16.3. The van der Waals surface area contributed by atoms with Gasteiger partial charge in [-0.2, -0.15) is 0 Å². The van der Waals surface area contributed by atoms with Crippen molar-refractivity contribution in [1.29, 1.82) is 0 Å². The zero-order valence-electron chi connectivity index (χ0n) is 11.0. The van der Waals surface area contributed by atoms with E-state index in [-0.39, 0.29) is 28.1 Å². The molecule has 0 saturated heterocycles. The van der Waals surface area contributed by atoms with E-state index in [1.165, 1.54) is 24.3 Å². The van der Waals surface area contributed by atoms with Gasteiger partial charge < -0.3 is 15.8 Å². The van der Waals surface area contributed by atoms with Crippen molar-refractivity contribution >= 4 is 56.4 Å². The van der Waals surface area contributed by atoms with Crippen LogP contribution in [-0.4, -0.2) is 12.5 Å². The summed E-state index contributed by atoms with van der Waals surface area (Å²) in [4.78, 5) is 11.8. The second-order valence-corrected chi connectivity index (χ2v) is 6.00. The van der Waals surface area contributed by atoms with Crippen molar-refractivity contribution in [3.05, 3.63) is 50.7 Å². The Morgan fingerprint density at radius 3 is 2.50 bits per heavy atom. The molecule has 2 aromatic carbocycles. The fourth-order valence-electron chi connectivity index (χ4n) is 1.59. The molecule has 22 heavy (non-hydrogen) atoms. The SMILES string of the molecule is Nc1c(Cl)cc(NC(=O)COc2ccc(Br)cc2F)cc1Cl. The smallest absolute Gasteiger partial charge is 0.262 e. The summed E-state index contributed by atoms with van der Waals surface area (Å²) in [6, 6.07) is 7.19. The summed E-state index contributed by atoms with van der Waals surface area (Å²) in [7, 11) is 0. The number of ether oxygens (including phenoxy) is 1. The number of carbonyl (C=O) groups excluding carboxylic acids is 1. The molecule has 0 aliphatic rings. The summed E-state index contributed by atoms with van der Waals surface area (Å²) in [5, 5.41) is 2.98. The lowest BCUT2D eigenvalue weighted by molar-refractivity contribution is -0.118. The molecule has 0 bridgehead atoms. The minimum absolute atomic E-state index is 0.0216. The number of halogens is 4. The molecular weight excluding hydrogens is 398 g/mol. The number of benzene rings is 2. The molecule has 2 aromatic rings. The van der Waals surface area contributed by atoms with Crippen molar-refractivity contribution in [2.75, 3.05) is 17.7 Å². The third-order valence-corrected chi connectivity index (χ3v) is 3.73. The number of nitrogens with one attached hydrogen (secondary N) is 1. The summed E-state index contributed by atoms with van der Waals surface area (Å²) in [6.07, 6.45) is 0. The fourth-order valence-corrected chi connectivity index (χ4v) is 2.41. The molecule has 0 atom stereocenters. The van der Waals surface area contributed by atoms with Gasteiger partial charge in [-0.05, 0) is 30.3 Å². The fraction of sp³-hybridized carbons (Fsp3) is 0.0714. The Bertz CT molecular complexity index is 705. The monoisotopic (exact) mass is 406 g/mol. The van der Waals surface area contributed by atoms with E-state index in [4.69, 9.17) is 33.7 Å². The first kappa shape index (κ1) is 16.9. The van der Waals surface area contributed by atoms with E-state index in [1.54, 1.807) is 6.07 Å². The topological polar surface area (TPSA) is 64.3 Å². The van der Waals surface area contributed by atoms with Gasteiger partial charge in [-0.1, -0.05) is 39.1 Å². The lowest BCUT2D eigenvalue weighted by Crippen LogP contribution is -2.20. The van der Waals surface area contributed by atoms with Crippen LogP contribution in [0.1, 0.15) is 0 Å². The highest BCUT2D eigenvalue weighted by molar-refractivity contribution is 9.10. The van der Waals surface area contributed by atoms with Crippen molar-refractivity contribution in [1.82, 2.24) is 0 Å². The van der Waals surface area contributed by atoms with Crippen LogP contribution in [0.15, 0.2) is 34.8 Å². The number of rotatable bonds is 4. The molecule has 0 radical (unpaired) electrons. The van der Waals surface area contributed by atoms with Gasteiger partial charge in [-0.15, -0.1) is 0 Å². The first-order chi connectivity index (χ1) is 10.4. The van der Waals surface area contributed by atoms with Gasteiger partial charge in [0.25, 0.3) is 5.91 Å². The van der Waals surface area contributed by atoms with Crippen LogP contribution in [0.5, 0.6) is 5.75 Å². The molecule has 0 heterocycles. The second kappa shape index (κ2) is 7.17. The average Bonchev–Trinajstić information content (AvgIpc) is 2.43. The van der Waals surface area contributed by atoms with Crippen LogP contribution < -0.4 is 15.8 Å². The van der Waals surface area contributed by atoms with Gasteiger partial charge in [0.1, 0.15) is 0 Å². The molecule has 116 valence electrons. The Labute approximate surface area is 144 Å². The van der Waals surface area contributed by atoms with E-state index >= 15 is 0 Å². The highest BCUT2D eigenvalue weighted by Gasteiger charge is 2.10. The summed E-state index contributed by atoms with van der Waals surface area (Å²) >= 11 is 14.9. The molecule has 0 aliphatic carbocycles. The molecule has 0 fully saturated rings. The maximum Gasteiger partial charge on any atom is 0.262 e. The summed E-state index contributed by atoms with van der Waals surface area (Å²) in [6.45, 7) is -0.363. The minimum atomic E-state index is -0.569. The van der Waals surface area contributed by atoms with Gasteiger partial charge in [-0.25, -0.2) is 4.39 Å². The minimum Gasteiger partial charge on any atom is -0.481 e. The maximum absolute atomic E-state index is 13.5. The second-order valence-electron chi connectivity index (χ2n) is 4.27. The van der Waals surface area contributed by atoms with Crippen molar-refractivity contribution < 1.29 is 13.9 Å². The number of carbonyl (C=O) groups is 1. The molecule has 0 unspecified atom stereocenters. The largest absolute Gasteiger partial charge is 0.481 e. The maximum atomic E-state index is 13.5. The van der Waals surface area contributed by atoms with Gasteiger partial charge in [0.2, 0.25) is 0 Å². The van der Waals surface area contributed by atoms with Crippen molar-refractivity contribution in [3.8, 4) is 5.75 Å². The average molecular weight is 408 g/mol. The highest BCUT2D eigenvalue weighted by Crippen LogP contribution is 2.31. The number of nitrogens with two attached hydrogens (primary N) is 1. The Kier molecular flexibility index (Phi) is 5.50. The van der Waals surface area contributed by atoms with E-state index in [1.807, 2.05) is 0 Å². The summed E-state index contributed by atoms with van der Waals surface area (Å²) < 4.78 is 19.2. The third-order valence-electron chi connectivity index (χ3n) is 2.62. The van der Waals surface area contributed by atoms with Gasteiger partial charge in [0.05, 0.1) is 15.7 Å². The standard InChI is InChI=1S/C14H10BrCl2FN2O2/c15-7-1-2-12(11(18)3-7)22-6-13(21)20-8-4-9(16)14(19)10(17)5-8/h1-5H,6,19H2,(H,20,21). The number of hydrogen-bond acceptors (Lipinski definition) is 3. The number of hydrogen-bond donors (Lipinski definition) is 2. The molecule has 0 aromatic heterocycles. The molecule has 8 heteroatoms. The van der Waals surface area contributed by atoms with Crippen LogP contribution in [0.4, 0.5) is 15.8 Å². The van der Waals surface area contributed by atoms with Crippen LogP contribution >= 0.6 is 39.1 Å². The molecule has 2 rings (SSSR count). The normalized spacial score (nSPS) is 10.4. The van der Waals surface area contributed by atoms with E-state index in [0.29, 0.717) is 10.2 Å². The molecular formula is C14H10BrCl2FN2O2. The number of amides is 1. The highest BCUT2D eigenvalue weighted by atomic mass is 79.9. The third kappa shape index (κ3) is 4.25. The Hall–Kier alpha value is -1.50. The van der Waals surface area contributed by atoms with Crippen LogP contribution in [0.3, 0.4) is 0 Å².